The number of ether oxygens (including phenoxy) is 1. The number of carbonyl (C=O) groups excluding carboxylic acids is 2. The smallest absolute Gasteiger partial charge is 0.253 e. The normalized spacial score (nSPS) is 16.2. The molecule has 8 nitrogen and oxygen atoms in total. The lowest BCUT2D eigenvalue weighted by Crippen LogP contribution is -2.27. The van der Waals surface area contributed by atoms with Crippen LogP contribution in [-0.4, -0.2) is 46.6 Å². The largest absolute Gasteiger partial charge is 0.379 e. The van der Waals surface area contributed by atoms with Gasteiger partial charge in [0.05, 0.1) is 29.6 Å². The molecule has 0 spiro atoms. The fourth-order valence-corrected chi connectivity index (χ4v) is 2.71. The van der Waals surface area contributed by atoms with E-state index < -0.39 is 0 Å². The zero-order chi connectivity index (χ0) is 18.4. The summed E-state index contributed by atoms with van der Waals surface area (Å²) in [4.78, 5) is 23.9. The first-order valence-corrected chi connectivity index (χ1v) is 8.46. The van der Waals surface area contributed by atoms with Crippen LogP contribution in [0.3, 0.4) is 0 Å². The third kappa shape index (κ3) is 4.34. The number of para-hydroxylation sites is 1. The average Bonchev–Trinajstić information content (AvgIpc) is 3.33. The maximum Gasteiger partial charge on any atom is 0.253 e. The highest BCUT2D eigenvalue weighted by Crippen LogP contribution is 2.17. The van der Waals surface area contributed by atoms with E-state index in [0.29, 0.717) is 30.8 Å². The number of benzene rings is 1. The molecule has 1 unspecified atom stereocenters. The predicted molar refractivity (Wildman–Crippen MR) is 95.8 cm³/mol. The molecule has 3 rings (SSSR count). The summed E-state index contributed by atoms with van der Waals surface area (Å²) in [5, 5.41) is 13.7. The van der Waals surface area contributed by atoms with Crippen LogP contribution in [0, 0.1) is 0 Å². The molecule has 1 saturated heterocycles. The Labute approximate surface area is 151 Å². The molecular formula is C18H21N5O3. The van der Waals surface area contributed by atoms with Crippen LogP contribution >= 0.6 is 0 Å². The van der Waals surface area contributed by atoms with Gasteiger partial charge in [-0.05, 0) is 24.6 Å². The summed E-state index contributed by atoms with van der Waals surface area (Å²) >= 11 is 0. The molecule has 0 bridgehead atoms. The van der Waals surface area contributed by atoms with Crippen LogP contribution in [0.5, 0.6) is 0 Å². The van der Waals surface area contributed by atoms with Gasteiger partial charge in [0, 0.05) is 25.8 Å². The Morgan fingerprint density at radius 3 is 3.00 bits per heavy atom. The fourth-order valence-electron chi connectivity index (χ4n) is 2.71. The number of anilines is 1. The highest BCUT2D eigenvalue weighted by Gasteiger charge is 2.19. The second kappa shape index (κ2) is 8.39. The summed E-state index contributed by atoms with van der Waals surface area (Å²) in [6.07, 6.45) is 4.56. The van der Waals surface area contributed by atoms with Gasteiger partial charge in [0.25, 0.3) is 5.91 Å². The van der Waals surface area contributed by atoms with Gasteiger partial charge in [0.15, 0.2) is 0 Å². The lowest BCUT2D eigenvalue weighted by molar-refractivity contribution is -0.111. The lowest BCUT2D eigenvalue weighted by Gasteiger charge is -2.10. The Bertz CT molecular complexity index is 796. The van der Waals surface area contributed by atoms with E-state index >= 15 is 0 Å². The van der Waals surface area contributed by atoms with Crippen molar-refractivity contribution >= 4 is 17.5 Å². The Morgan fingerprint density at radius 2 is 2.23 bits per heavy atom. The monoisotopic (exact) mass is 355 g/mol. The molecule has 2 heterocycles. The summed E-state index contributed by atoms with van der Waals surface area (Å²) in [6, 6.07) is 7.07. The predicted octanol–water partition coefficient (Wildman–Crippen LogP) is 1.34. The van der Waals surface area contributed by atoms with Crippen LogP contribution in [0.1, 0.15) is 28.5 Å². The molecule has 1 aliphatic heterocycles. The maximum absolute atomic E-state index is 12.4. The number of hydrogen-bond acceptors (Lipinski definition) is 5. The van der Waals surface area contributed by atoms with E-state index in [9.17, 15) is 9.59 Å². The molecule has 26 heavy (non-hydrogen) atoms. The van der Waals surface area contributed by atoms with Crippen molar-refractivity contribution in [3.05, 3.63) is 54.4 Å². The molecular weight excluding hydrogens is 334 g/mol. The summed E-state index contributed by atoms with van der Waals surface area (Å²) in [5.74, 6) is -0.626. The van der Waals surface area contributed by atoms with Crippen LogP contribution in [-0.2, 0) is 16.0 Å². The van der Waals surface area contributed by atoms with Gasteiger partial charge >= 0.3 is 0 Å². The minimum atomic E-state index is -0.363. The van der Waals surface area contributed by atoms with Gasteiger partial charge in [0.2, 0.25) is 5.91 Å². The summed E-state index contributed by atoms with van der Waals surface area (Å²) < 4.78 is 7.17. The third-order valence-corrected chi connectivity index (χ3v) is 4.12. The number of hydrogen-bond donors (Lipinski definition) is 2. The van der Waals surface area contributed by atoms with Gasteiger partial charge in [0.1, 0.15) is 0 Å². The molecule has 2 amide bonds. The van der Waals surface area contributed by atoms with Crippen molar-refractivity contribution in [3.63, 3.8) is 0 Å². The van der Waals surface area contributed by atoms with Crippen LogP contribution in [0.25, 0.3) is 0 Å². The number of carbonyl (C=O) groups is 2. The highest BCUT2D eigenvalue weighted by atomic mass is 16.5. The van der Waals surface area contributed by atoms with Gasteiger partial charge in [-0.15, -0.1) is 5.10 Å². The molecule has 8 heteroatoms. The molecule has 2 aromatic rings. The van der Waals surface area contributed by atoms with Crippen molar-refractivity contribution in [2.45, 2.75) is 18.9 Å². The average molecular weight is 355 g/mol. The lowest BCUT2D eigenvalue weighted by atomic mass is 10.1. The molecule has 136 valence electrons. The second-order valence-electron chi connectivity index (χ2n) is 5.95. The van der Waals surface area contributed by atoms with Crippen molar-refractivity contribution in [2.24, 2.45) is 0 Å². The van der Waals surface area contributed by atoms with Crippen LogP contribution < -0.4 is 10.6 Å². The number of rotatable bonds is 7. The van der Waals surface area contributed by atoms with Gasteiger partial charge < -0.3 is 15.4 Å². The Morgan fingerprint density at radius 1 is 1.38 bits per heavy atom. The first-order chi connectivity index (χ1) is 12.7. The van der Waals surface area contributed by atoms with Crippen molar-refractivity contribution in [1.82, 2.24) is 20.3 Å². The van der Waals surface area contributed by atoms with Gasteiger partial charge in [-0.3, -0.25) is 9.59 Å². The van der Waals surface area contributed by atoms with Gasteiger partial charge in [-0.25, -0.2) is 4.68 Å². The Hall–Kier alpha value is -3.00. The van der Waals surface area contributed by atoms with Crippen LogP contribution in [0.15, 0.2) is 43.1 Å². The minimum absolute atomic E-state index is 0.242. The van der Waals surface area contributed by atoms with E-state index in [1.165, 1.54) is 0 Å². The number of amides is 2. The van der Waals surface area contributed by atoms with E-state index in [4.69, 9.17) is 4.74 Å². The van der Waals surface area contributed by atoms with Crippen LogP contribution in [0.4, 0.5) is 5.69 Å². The molecule has 2 N–H and O–H groups in total. The number of aromatic nitrogens is 3. The zero-order valence-corrected chi connectivity index (χ0v) is 14.4. The van der Waals surface area contributed by atoms with Crippen molar-refractivity contribution in [1.29, 1.82) is 0 Å². The van der Waals surface area contributed by atoms with Gasteiger partial charge in [-0.2, -0.15) is 0 Å². The summed E-state index contributed by atoms with van der Waals surface area (Å²) in [7, 11) is 0. The van der Waals surface area contributed by atoms with Crippen LogP contribution in [0.2, 0.25) is 0 Å². The highest BCUT2D eigenvalue weighted by molar-refractivity contribution is 6.06. The molecule has 0 aliphatic carbocycles. The molecule has 1 fully saturated rings. The topological polar surface area (TPSA) is 98.1 Å². The zero-order valence-electron chi connectivity index (χ0n) is 14.4. The van der Waals surface area contributed by atoms with E-state index in [0.717, 1.165) is 24.8 Å². The van der Waals surface area contributed by atoms with Crippen molar-refractivity contribution in [3.8, 4) is 0 Å². The minimum Gasteiger partial charge on any atom is -0.379 e. The second-order valence-corrected chi connectivity index (χ2v) is 5.95. The summed E-state index contributed by atoms with van der Waals surface area (Å²) in [6.45, 7) is 5.24. The molecule has 1 aliphatic rings. The summed E-state index contributed by atoms with van der Waals surface area (Å²) in [5.41, 5.74) is 1.65. The van der Waals surface area contributed by atoms with E-state index in [2.05, 4.69) is 27.5 Å². The first-order valence-electron chi connectivity index (χ1n) is 8.46. The third-order valence-electron chi connectivity index (χ3n) is 4.12. The Kier molecular flexibility index (Phi) is 5.75. The number of nitrogens with one attached hydrogen (secondary N) is 2. The number of nitrogens with zero attached hydrogens (tertiary/aromatic N) is 3. The first kappa shape index (κ1) is 17.8. The fraction of sp³-hybridized carbons (Fsp3) is 0.333. The molecule has 1 aromatic carbocycles. The van der Waals surface area contributed by atoms with Gasteiger partial charge in [-0.1, -0.05) is 23.9 Å². The van der Waals surface area contributed by atoms with Crippen molar-refractivity contribution in [2.75, 3.05) is 25.1 Å². The standard InChI is InChI=1S/C18H21N5O3/c1-2-17(24)20-16-6-4-3-5-15(16)18(25)19-9-7-13-11-23(22-21-13)14-8-10-26-12-14/h2-6,11,14H,1,7-10,12H2,(H,19,25)(H,20,24). The molecule has 1 aromatic heterocycles. The molecule has 0 radical (unpaired) electrons. The SMILES string of the molecule is C=CC(=O)Nc1ccccc1C(=O)NCCc1cn(C2CCOC2)nn1. The molecule has 0 saturated carbocycles. The molecule has 1 atom stereocenters. The van der Waals surface area contributed by atoms with E-state index in [1.54, 1.807) is 24.3 Å². The van der Waals surface area contributed by atoms with E-state index in [-0.39, 0.29) is 17.9 Å². The maximum atomic E-state index is 12.4. The Balaban J connectivity index is 1.54. The van der Waals surface area contributed by atoms with E-state index in [1.807, 2.05) is 10.9 Å². The van der Waals surface area contributed by atoms with Crippen molar-refractivity contribution < 1.29 is 14.3 Å². The quantitative estimate of drug-likeness (QED) is 0.730.